The Labute approximate surface area is 159 Å². The smallest absolute Gasteiger partial charge is 0.248 e. The Balaban J connectivity index is 2.03. The van der Waals surface area contributed by atoms with Gasteiger partial charge in [0.15, 0.2) is 6.79 Å². The summed E-state index contributed by atoms with van der Waals surface area (Å²) in [4.78, 5) is 23.5. The van der Waals surface area contributed by atoms with Crippen molar-refractivity contribution in [3.05, 3.63) is 59.7 Å². The van der Waals surface area contributed by atoms with Gasteiger partial charge in [-0.05, 0) is 47.9 Å². The van der Waals surface area contributed by atoms with E-state index >= 15 is 0 Å². The topological polar surface area (TPSA) is 76.7 Å². The Morgan fingerprint density at radius 2 is 1.81 bits per heavy atom. The Kier molecular flexibility index (Phi) is 7.58. The Bertz CT molecular complexity index is 813. The minimum atomic E-state index is -0.246. The van der Waals surface area contributed by atoms with Gasteiger partial charge in [0.25, 0.3) is 0 Å². The van der Waals surface area contributed by atoms with E-state index in [4.69, 9.17) is 9.47 Å². The Hall–Kier alpha value is -3.12. The maximum Gasteiger partial charge on any atom is 0.248 e. The third-order valence-corrected chi connectivity index (χ3v) is 3.72. The standard InChI is InChI=1S/C21H24N2O4/c1-4-17-8-9-18(22-15(2)24)13-20(17)23-21(25)12-7-16-5-10-19(11-6-16)27-14-26-3/h5-13H,4,14H2,1-3H3,(H,22,24)(H,23,25)/b12-7+. The lowest BCUT2D eigenvalue weighted by Crippen LogP contribution is -2.11. The van der Waals surface area contributed by atoms with Crippen molar-refractivity contribution < 1.29 is 19.1 Å². The highest BCUT2D eigenvalue weighted by Crippen LogP contribution is 2.22. The molecule has 2 aromatic carbocycles. The van der Waals surface area contributed by atoms with Crippen LogP contribution in [0.1, 0.15) is 25.0 Å². The molecule has 142 valence electrons. The first-order chi connectivity index (χ1) is 13.0. The van der Waals surface area contributed by atoms with E-state index in [1.807, 2.05) is 43.3 Å². The molecular weight excluding hydrogens is 344 g/mol. The summed E-state index contributed by atoms with van der Waals surface area (Å²) in [7, 11) is 1.56. The summed E-state index contributed by atoms with van der Waals surface area (Å²) in [5, 5.41) is 5.58. The number of anilines is 2. The molecule has 2 rings (SSSR count). The predicted octanol–water partition coefficient (Wildman–Crippen LogP) is 3.84. The van der Waals surface area contributed by atoms with Gasteiger partial charge >= 0.3 is 0 Å². The first-order valence-corrected chi connectivity index (χ1v) is 8.63. The molecule has 2 N–H and O–H groups in total. The minimum absolute atomic E-state index is 0.158. The van der Waals surface area contributed by atoms with E-state index in [-0.39, 0.29) is 18.6 Å². The first-order valence-electron chi connectivity index (χ1n) is 8.63. The minimum Gasteiger partial charge on any atom is -0.468 e. The third kappa shape index (κ3) is 6.60. The second-order valence-corrected chi connectivity index (χ2v) is 5.85. The van der Waals surface area contributed by atoms with Gasteiger partial charge in [-0.1, -0.05) is 25.1 Å². The quantitative estimate of drug-likeness (QED) is 0.548. The summed E-state index contributed by atoms with van der Waals surface area (Å²) >= 11 is 0. The van der Waals surface area contributed by atoms with Gasteiger partial charge in [0.1, 0.15) is 5.75 Å². The fourth-order valence-corrected chi connectivity index (χ4v) is 2.43. The number of benzene rings is 2. The normalized spacial score (nSPS) is 10.6. The number of carbonyl (C=O) groups excluding carboxylic acids is 2. The molecule has 0 saturated carbocycles. The van der Waals surface area contributed by atoms with Crippen molar-refractivity contribution in [3.63, 3.8) is 0 Å². The summed E-state index contributed by atoms with van der Waals surface area (Å²) in [5.74, 6) is 0.291. The van der Waals surface area contributed by atoms with E-state index in [0.717, 1.165) is 17.5 Å². The summed E-state index contributed by atoms with van der Waals surface area (Å²) < 4.78 is 10.2. The zero-order valence-corrected chi connectivity index (χ0v) is 15.7. The number of carbonyl (C=O) groups is 2. The van der Waals surface area contributed by atoms with Crippen LogP contribution in [0.25, 0.3) is 6.08 Å². The van der Waals surface area contributed by atoms with Crippen molar-refractivity contribution in [1.82, 2.24) is 0 Å². The highest BCUT2D eigenvalue weighted by Gasteiger charge is 2.06. The third-order valence-electron chi connectivity index (χ3n) is 3.72. The number of ether oxygens (including phenoxy) is 2. The number of hydrogen-bond acceptors (Lipinski definition) is 4. The molecule has 0 aliphatic heterocycles. The average molecular weight is 368 g/mol. The van der Waals surface area contributed by atoms with E-state index in [2.05, 4.69) is 10.6 Å². The van der Waals surface area contributed by atoms with Crippen molar-refractivity contribution in [2.24, 2.45) is 0 Å². The molecule has 0 saturated heterocycles. The predicted molar refractivity (Wildman–Crippen MR) is 107 cm³/mol. The van der Waals surface area contributed by atoms with Crippen molar-refractivity contribution in [1.29, 1.82) is 0 Å². The molecule has 0 radical (unpaired) electrons. The molecule has 0 spiro atoms. The number of amides is 2. The summed E-state index contributed by atoms with van der Waals surface area (Å²) in [5.41, 5.74) is 3.19. The van der Waals surface area contributed by atoms with Crippen molar-refractivity contribution in [2.45, 2.75) is 20.3 Å². The lowest BCUT2D eigenvalue weighted by atomic mass is 10.1. The number of methoxy groups -OCH3 is 1. The maximum atomic E-state index is 12.3. The molecule has 2 aromatic rings. The molecule has 2 amide bonds. The molecule has 0 bridgehead atoms. The van der Waals surface area contributed by atoms with E-state index < -0.39 is 0 Å². The van der Waals surface area contributed by atoms with Crippen LogP contribution >= 0.6 is 0 Å². The van der Waals surface area contributed by atoms with Crippen molar-refractivity contribution in [3.8, 4) is 5.75 Å². The molecule has 27 heavy (non-hydrogen) atoms. The van der Waals surface area contributed by atoms with Crippen LogP contribution in [0, 0.1) is 0 Å². The monoisotopic (exact) mass is 368 g/mol. The van der Waals surface area contributed by atoms with Gasteiger partial charge in [0.2, 0.25) is 11.8 Å². The van der Waals surface area contributed by atoms with Gasteiger partial charge in [-0.25, -0.2) is 0 Å². The number of aryl methyl sites for hydroxylation is 1. The molecule has 0 aliphatic rings. The second-order valence-electron chi connectivity index (χ2n) is 5.85. The summed E-state index contributed by atoms with van der Waals surface area (Å²) in [6.45, 7) is 3.64. The first kappa shape index (κ1) is 20.2. The SMILES string of the molecule is CCc1ccc(NC(C)=O)cc1NC(=O)/C=C/c1ccc(OCOC)cc1. The second kappa shape index (κ2) is 10.1. The largest absolute Gasteiger partial charge is 0.468 e. The molecule has 0 aromatic heterocycles. The summed E-state index contributed by atoms with van der Waals surface area (Å²) in [6.07, 6.45) is 3.96. The Morgan fingerprint density at radius 3 is 2.44 bits per heavy atom. The van der Waals surface area contributed by atoms with Crippen LogP contribution in [-0.2, 0) is 20.7 Å². The van der Waals surface area contributed by atoms with Crippen LogP contribution in [0.4, 0.5) is 11.4 Å². The Morgan fingerprint density at radius 1 is 1.07 bits per heavy atom. The molecule has 0 aliphatic carbocycles. The van der Waals surface area contributed by atoms with Crippen LogP contribution < -0.4 is 15.4 Å². The van der Waals surface area contributed by atoms with Gasteiger partial charge < -0.3 is 20.1 Å². The van der Waals surface area contributed by atoms with Crippen LogP contribution in [-0.4, -0.2) is 25.7 Å². The summed E-state index contributed by atoms with van der Waals surface area (Å²) in [6, 6.07) is 12.8. The van der Waals surface area contributed by atoms with E-state index in [1.165, 1.54) is 13.0 Å². The lowest BCUT2D eigenvalue weighted by Gasteiger charge is -2.11. The number of hydrogen-bond donors (Lipinski definition) is 2. The van der Waals surface area contributed by atoms with Gasteiger partial charge in [-0.3, -0.25) is 9.59 Å². The zero-order chi connectivity index (χ0) is 19.6. The lowest BCUT2D eigenvalue weighted by molar-refractivity contribution is -0.114. The molecular formula is C21H24N2O4. The fourth-order valence-electron chi connectivity index (χ4n) is 2.43. The van der Waals surface area contributed by atoms with E-state index in [0.29, 0.717) is 17.1 Å². The van der Waals surface area contributed by atoms with Crippen LogP contribution in [0.3, 0.4) is 0 Å². The molecule has 0 atom stereocenters. The maximum absolute atomic E-state index is 12.3. The number of rotatable bonds is 8. The average Bonchev–Trinajstić information content (AvgIpc) is 2.65. The van der Waals surface area contributed by atoms with E-state index in [1.54, 1.807) is 19.3 Å². The van der Waals surface area contributed by atoms with Gasteiger partial charge in [-0.2, -0.15) is 0 Å². The molecule has 0 fully saturated rings. The zero-order valence-electron chi connectivity index (χ0n) is 15.7. The van der Waals surface area contributed by atoms with Crippen LogP contribution in [0.2, 0.25) is 0 Å². The molecule has 6 heteroatoms. The van der Waals surface area contributed by atoms with E-state index in [9.17, 15) is 9.59 Å². The highest BCUT2D eigenvalue weighted by atomic mass is 16.7. The van der Waals surface area contributed by atoms with Crippen LogP contribution in [0.15, 0.2) is 48.5 Å². The van der Waals surface area contributed by atoms with Gasteiger partial charge in [0.05, 0.1) is 0 Å². The molecule has 0 heterocycles. The van der Waals surface area contributed by atoms with Gasteiger partial charge in [0, 0.05) is 31.5 Å². The van der Waals surface area contributed by atoms with Gasteiger partial charge in [-0.15, -0.1) is 0 Å². The van der Waals surface area contributed by atoms with Crippen molar-refractivity contribution >= 4 is 29.3 Å². The number of nitrogens with one attached hydrogen (secondary N) is 2. The molecule has 0 unspecified atom stereocenters. The highest BCUT2D eigenvalue weighted by molar-refractivity contribution is 6.03. The van der Waals surface area contributed by atoms with Crippen molar-refractivity contribution in [2.75, 3.05) is 24.5 Å². The van der Waals surface area contributed by atoms with Crippen LogP contribution in [0.5, 0.6) is 5.75 Å². The molecule has 6 nitrogen and oxygen atoms in total. The fraction of sp³-hybridized carbons (Fsp3) is 0.238.